The Labute approximate surface area is 118 Å². The summed E-state index contributed by atoms with van der Waals surface area (Å²) < 4.78 is 31.7. The minimum Gasteiger partial charge on any atom is -0.390 e. The van der Waals surface area contributed by atoms with Crippen LogP contribution in [0.4, 0.5) is 0 Å². The number of hydrogen-bond donors (Lipinski definition) is 3. The van der Waals surface area contributed by atoms with Crippen LogP contribution >= 0.6 is 0 Å². The molecule has 1 aliphatic carbocycles. The molecule has 0 aromatic heterocycles. The van der Waals surface area contributed by atoms with E-state index in [1.807, 2.05) is 0 Å². The van der Waals surface area contributed by atoms with Gasteiger partial charge in [0.05, 0.1) is 29.8 Å². The topological polar surface area (TPSA) is 95.9 Å². The predicted molar refractivity (Wildman–Crippen MR) is 72.5 cm³/mol. The largest absolute Gasteiger partial charge is 0.390 e. The highest BCUT2D eigenvalue weighted by Crippen LogP contribution is 2.28. The fourth-order valence-corrected chi connectivity index (χ4v) is 3.77. The summed E-state index contributed by atoms with van der Waals surface area (Å²) in [5.74, 6) is -0.279. The number of methoxy groups -OCH3 is 1. The molecule has 1 fully saturated rings. The number of nitrogens with one attached hydrogen (secondary N) is 1. The molecule has 6 nitrogen and oxygen atoms in total. The first-order valence-corrected chi connectivity index (χ1v) is 7.86. The van der Waals surface area contributed by atoms with Crippen molar-refractivity contribution in [2.24, 2.45) is 5.92 Å². The molecule has 3 N–H and O–H groups in total. The Hall–Kier alpha value is -0.990. The summed E-state index contributed by atoms with van der Waals surface area (Å²) in [6.45, 7) is 0.280. The molecule has 0 spiro atoms. The fourth-order valence-electron chi connectivity index (χ4n) is 2.49. The number of rotatable bonds is 5. The van der Waals surface area contributed by atoms with Crippen LogP contribution in [0.15, 0.2) is 35.2 Å². The van der Waals surface area contributed by atoms with Crippen LogP contribution in [-0.2, 0) is 14.8 Å². The van der Waals surface area contributed by atoms with Gasteiger partial charge in [-0.05, 0) is 18.6 Å². The van der Waals surface area contributed by atoms with Crippen molar-refractivity contribution >= 4 is 10.0 Å². The van der Waals surface area contributed by atoms with Gasteiger partial charge < -0.3 is 14.9 Å². The maximum atomic E-state index is 12.2. The monoisotopic (exact) mass is 301 g/mol. The maximum Gasteiger partial charge on any atom is 0.240 e. The molecule has 1 aliphatic rings. The van der Waals surface area contributed by atoms with Crippen molar-refractivity contribution in [2.45, 2.75) is 29.6 Å². The summed E-state index contributed by atoms with van der Waals surface area (Å²) in [5, 5.41) is 19.8. The first-order chi connectivity index (χ1) is 9.45. The molecular weight excluding hydrogens is 282 g/mol. The van der Waals surface area contributed by atoms with Gasteiger partial charge in [-0.2, -0.15) is 0 Å². The van der Waals surface area contributed by atoms with Gasteiger partial charge in [0.1, 0.15) is 0 Å². The normalized spacial score (nSPS) is 30.6. The van der Waals surface area contributed by atoms with Crippen molar-refractivity contribution in [2.75, 3.05) is 13.7 Å². The predicted octanol–water partition coefficient (Wildman–Crippen LogP) is -0.278. The molecule has 0 amide bonds. The van der Waals surface area contributed by atoms with E-state index in [4.69, 9.17) is 4.74 Å². The molecule has 0 radical (unpaired) electrons. The average molecular weight is 301 g/mol. The fraction of sp³-hybridized carbons (Fsp3) is 0.538. The summed E-state index contributed by atoms with van der Waals surface area (Å²) in [7, 11) is -2.20. The molecule has 1 aromatic carbocycles. The van der Waals surface area contributed by atoms with Crippen LogP contribution < -0.4 is 4.72 Å². The molecule has 0 aliphatic heterocycles. The van der Waals surface area contributed by atoms with Crippen LogP contribution in [-0.4, -0.2) is 50.6 Å². The third kappa shape index (κ3) is 3.18. The van der Waals surface area contributed by atoms with Crippen LogP contribution in [0, 0.1) is 5.92 Å². The van der Waals surface area contributed by atoms with Crippen LogP contribution in [0.25, 0.3) is 0 Å². The summed E-state index contributed by atoms with van der Waals surface area (Å²) in [6.07, 6.45) is -1.78. The van der Waals surface area contributed by atoms with Crippen molar-refractivity contribution in [1.29, 1.82) is 0 Å². The minimum absolute atomic E-state index is 0.136. The van der Waals surface area contributed by atoms with Gasteiger partial charge in [0.2, 0.25) is 10.0 Å². The highest BCUT2D eigenvalue weighted by Gasteiger charge is 2.43. The number of hydrogen-bond acceptors (Lipinski definition) is 5. The van der Waals surface area contributed by atoms with E-state index < -0.39 is 28.3 Å². The van der Waals surface area contributed by atoms with Gasteiger partial charge >= 0.3 is 0 Å². The zero-order valence-corrected chi connectivity index (χ0v) is 12.0. The van der Waals surface area contributed by atoms with E-state index in [9.17, 15) is 18.6 Å². The number of ether oxygens (including phenoxy) is 1. The third-order valence-electron chi connectivity index (χ3n) is 3.54. The van der Waals surface area contributed by atoms with E-state index in [0.717, 1.165) is 0 Å². The second kappa shape index (κ2) is 6.19. The molecule has 7 heteroatoms. The lowest BCUT2D eigenvalue weighted by Gasteiger charge is -2.18. The standard InChI is InChI=1S/C13H19NO5S/c1-19-8-9-7-11(13(16)12(9)15)14-20(17,18)10-5-3-2-4-6-10/h2-6,9,11-16H,7-8H2,1H3. The lowest BCUT2D eigenvalue weighted by atomic mass is 10.1. The number of sulfonamides is 1. The van der Waals surface area contributed by atoms with Crippen LogP contribution in [0.5, 0.6) is 0 Å². The molecule has 1 aromatic rings. The van der Waals surface area contributed by atoms with Gasteiger partial charge in [-0.15, -0.1) is 0 Å². The molecule has 112 valence electrons. The quantitative estimate of drug-likeness (QED) is 0.695. The molecule has 4 unspecified atom stereocenters. The van der Waals surface area contributed by atoms with Gasteiger partial charge in [0.15, 0.2) is 0 Å². The minimum atomic E-state index is -3.70. The molecule has 0 heterocycles. The van der Waals surface area contributed by atoms with Crippen molar-refractivity contribution in [1.82, 2.24) is 4.72 Å². The van der Waals surface area contributed by atoms with E-state index in [0.29, 0.717) is 6.42 Å². The second-order valence-electron chi connectivity index (χ2n) is 4.97. The van der Waals surface area contributed by atoms with Crippen LogP contribution in [0.2, 0.25) is 0 Å². The lowest BCUT2D eigenvalue weighted by Crippen LogP contribution is -2.43. The Morgan fingerprint density at radius 1 is 1.25 bits per heavy atom. The summed E-state index contributed by atoms with van der Waals surface area (Å²) in [6, 6.07) is 7.22. The highest BCUT2D eigenvalue weighted by atomic mass is 32.2. The van der Waals surface area contributed by atoms with E-state index in [-0.39, 0.29) is 17.4 Å². The van der Waals surface area contributed by atoms with E-state index in [1.54, 1.807) is 18.2 Å². The molecule has 0 bridgehead atoms. The number of aliphatic hydroxyl groups is 2. The van der Waals surface area contributed by atoms with Crippen molar-refractivity contribution in [3.8, 4) is 0 Å². The van der Waals surface area contributed by atoms with Crippen molar-refractivity contribution < 1.29 is 23.4 Å². The molecule has 1 saturated carbocycles. The summed E-state index contributed by atoms with van der Waals surface area (Å²) in [5.41, 5.74) is 0. The first kappa shape index (κ1) is 15.4. The van der Waals surface area contributed by atoms with E-state index >= 15 is 0 Å². The van der Waals surface area contributed by atoms with Crippen molar-refractivity contribution in [3.05, 3.63) is 30.3 Å². The number of aliphatic hydroxyl groups excluding tert-OH is 2. The SMILES string of the molecule is COCC1CC(NS(=O)(=O)c2ccccc2)C(O)C1O. The summed E-state index contributed by atoms with van der Waals surface area (Å²) in [4.78, 5) is 0.136. The zero-order chi connectivity index (χ0) is 14.8. The molecule has 2 rings (SSSR count). The first-order valence-electron chi connectivity index (χ1n) is 6.38. The van der Waals surface area contributed by atoms with Gasteiger partial charge in [-0.25, -0.2) is 13.1 Å². The van der Waals surface area contributed by atoms with Gasteiger partial charge in [0, 0.05) is 13.0 Å². The maximum absolute atomic E-state index is 12.2. The van der Waals surface area contributed by atoms with Crippen molar-refractivity contribution in [3.63, 3.8) is 0 Å². The Morgan fingerprint density at radius 3 is 2.50 bits per heavy atom. The van der Waals surface area contributed by atoms with Crippen LogP contribution in [0.1, 0.15) is 6.42 Å². The van der Waals surface area contributed by atoms with Gasteiger partial charge in [0.25, 0.3) is 0 Å². The van der Waals surface area contributed by atoms with E-state index in [2.05, 4.69) is 4.72 Å². The summed E-state index contributed by atoms with van der Waals surface area (Å²) >= 11 is 0. The molecule has 4 atom stereocenters. The number of benzene rings is 1. The highest BCUT2D eigenvalue weighted by molar-refractivity contribution is 7.89. The Morgan fingerprint density at radius 2 is 1.90 bits per heavy atom. The Bertz CT molecular complexity index is 533. The third-order valence-corrected chi connectivity index (χ3v) is 5.05. The van der Waals surface area contributed by atoms with E-state index in [1.165, 1.54) is 19.2 Å². The molecule has 0 saturated heterocycles. The van der Waals surface area contributed by atoms with Gasteiger partial charge in [-0.3, -0.25) is 0 Å². The lowest BCUT2D eigenvalue weighted by molar-refractivity contribution is -0.00425. The molecule has 20 heavy (non-hydrogen) atoms. The van der Waals surface area contributed by atoms with Gasteiger partial charge in [-0.1, -0.05) is 18.2 Å². The average Bonchev–Trinajstić information content (AvgIpc) is 2.68. The van der Waals surface area contributed by atoms with Crippen LogP contribution in [0.3, 0.4) is 0 Å². The zero-order valence-electron chi connectivity index (χ0n) is 11.1. The second-order valence-corrected chi connectivity index (χ2v) is 6.69. The Kier molecular flexibility index (Phi) is 4.77. The smallest absolute Gasteiger partial charge is 0.240 e. The Balaban J connectivity index is 2.11. The molecular formula is C13H19NO5S.